The molecule has 0 N–H and O–H groups in total. The van der Waals surface area contributed by atoms with Gasteiger partial charge in [-0.2, -0.15) is 0 Å². The van der Waals surface area contributed by atoms with Gasteiger partial charge in [0.2, 0.25) is 0 Å². The number of nitriles is 2. The Bertz CT molecular complexity index is 433. The maximum atomic E-state index is 7.21. The third-order valence-corrected chi connectivity index (χ3v) is 6.47. The molecule has 0 fully saturated rings. The Kier molecular flexibility index (Phi) is 19.0. The molecule has 0 bridgehead atoms. The number of nitrogens with zero attached hydrogens (tertiary/aromatic N) is 2. The summed E-state index contributed by atoms with van der Waals surface area (Å²) in [7, 11) is -0.553. The largest absolute Gasteiger partial charge is 3.00 e. The predicted octanol–water partition coefficient (Wildman–Crippen LogP) is 5.26. The van der Waals surface area contributed by atoms with Crippen molar-refractivity contribution in [1.82, 2.24) is 0 Å². The Balaban J connectivity index is -0.000000197. The van der Waals surface area contributed by atoms with Crippen LogP contribution in [-0.2, 0) is 19.5 Å². The summed E-state index contributed by atoms with van der Waals surface area (Å²) in [6, 6.07) is 14.0. The van der Waals surface area contributed by atoms with Crippen LogP contribution in [0.15, 0.2) is 30.3 Å². The Morgan fingerprint density at radius 2 is 1.09 bits per heavy atom. The van der Waals surface area contributed by atoms with Crippen LogP contribution >= 0.6 is 7.92 Å². The van der Waals surface area contributed by atoms with E-state index in [9.17, 15) is 0 Å². The average Bonchev–Trinajstić information content (AvgIpc) is 2.28. The normalized spacial score (nSPS) is 9.26. The van der Waals surface area contributed by atoms with Crippen LogP contribution in [0.25, 0.3) is 0 Å². The van der Waals surface area contributed by atoms with Crippen molar-refractivity contribution < 1.29 is 19.5 Å². The van der Waals surface area contributed by atoms with E-state index in [1.807, 2.05) is 0 Å². The van der Waals surface area contributed by atoms with Crippen LogP contribution in [0.1, 0.15) is 41.5 Å². The summed E-state index contributed by atoms with van der Waals surface area (Å²) in [6.07, 6.45) is 0. The first kappa shape index (κ1) is 29.9. The molecule has 1 aromatic carbocycles. The number of hydrogen-bond acceptors (Lipinski definition) is 2. The van der Waals surface area contributed by atoms with Crippen LogP contribution in [0.4, 0.5) is 0 Å². The predicted molar refractivity (Wildman–Crippen MR) is 102 cm³/mol. The van der Waals surface area contributed by atoms with Crippen LogP contribution in [-0.4, -0.2) is 10.3 Å². The van der Waals surface area contributed by atoms with Gasteiger partial charge >= 0.3 is 19.5 Å². The molecule has 0 aliphatic rings. The summed E-state index contributed by atoms with van der Waals surface area (Å²) < 4.78 is 0. The van der Waals surface area contributed by atoms with Crippen LogP contribution in [0.5, 0.6) is 0 Å². The minimum atomic E-state index is -0.553. The van der Waals surface area contributed by atoms with Gasteiger partial charge in [0.15, 0.2) is 0 Å². The van der Waals surface area contributed by atoms with E-state index in [1.165, 1.54) is 12.1 Å². The third kappa shape index (κ3) is 14.3. The van der Waals surface area contributed by atoms with Crippen LogP contribution in [0, 0.1) is 43.9 Å². The van der Waals surface area contributed by atoms with E-state index in [0.29, 0.717) is 10.3 Å². The van der Waals surface area contributed by atoms with Crippen LogP contribution < -0.4 is 5.30 Å². The zero-order chi connectivity index (χ0) is 17.1. The average molecular weight is 420 g/mol. The molecule has 0 saturated carbocycles. The van der Waals surface area contributed by atoms with Gasteiger partial charge in [-0.05, 0) is 53.7 Å². The van der Waals surface area contributed by atoms with Gasteiger partial charge in [-0.25, -0.2) is 10.5 Å². The first-order valence-corrected chi connectivity index (χ1v) is 8.32. The second-order valence-corrected chi connectivity index (χ2v) is 10.9. The molecule has 0 aromatic heterocycles. The first-order valence-electron chi connectivity index (χ1n) is 6.82. The van der Waals surface area contributed by atoms with E-state index in [1.54, 1.807) is 5.30 Å². The zero-order valence-electron chi connectivity index (χ0n) is 15.5. The van der Waals surface area contributed by atoms with Gasteiger partial charge in [-0.3, -0.25) is 0 Å². The third-order valence-electron chi connectivity index (χ3n) is 2.56. The Morgan fingerprint density at radius 3 is 1.30 bits per heavy atom. The van der Waals surface area contributed by atoms with Gasteiger partial charge in [-0.1, -0.05) is 18.2 Å². The molecule has 4 heteroatoms. The van der Waals surface area contributed by atoms with Crippen molar-refractivity contribution in [2.24, 2.45) is 0 Å². The van der Waals surface area contributed by atoms with Gasteiger partial charge < -0.3 is 21.3 Å². The second kappa shape index (κ2) is 14.6. The topological polar surface area (TPSA) is 47.6 Å². The number of hydrogen-bond donors (Lipinski definition) is 0. The fourth-order valence-corrected chi connectivity index (χ4v) is 7.10. The standard InChI is InChI=1S/C14H23P.2C2H2N.CH3.Ru/c1-13(2,3)15(14(4,5)6)12-10-8-7-9-11-12;2*1-2-3;;/h7-11H,1-6H3;2*1H2;1H3;/q;3*-1;+3/p+1. The van der Waals surface area contributed by atoms with Crippen molar-refractivity contribution in [1.29, 1.82) is 10.5 Å². The van der Waals surface area contributed by atoms with Crippen molar-refractivity contribution in [2.45, 2.75) is 51.9 Å². The minimum absolute atomic E-state index is 0. The Labute approximate surface area is 158 Å². The quantitative estimate of drug-likeness (QED) is 0.354. The number of benzene rings is 1. The first-order chi connectivity index (χ1) is 9.56. The van der Waals surface area contributed by atoms with E-state index < -0.39 is 7.92 Å². The molecule has 129 valence electrons. The van der Waals surface area contributed by atoms with E-state index >= 15 is 0 Å². The van der Waals surface area contributed by atoms with Gasteiger partial charge in [0.1, 0.15) is 0 Å². The second-order valence-electron chi connectivity index (χ2n) is 6.56. The van der Waals surface area contributed by atoms with Crippen molar-refractivity contribution in [3.8, 4) is 12.1 Å². The Morgan fingerprint density at radius 1 is 0.826 bits per heavy atom. The van der Waals surface area contributed by atoms with E-state index in [-0.39, 0.29) is 26.9 Å². The van der Waals surface area contributed by atoms with Crippen molar-refractivity contribution in [2.75, 3.05) is 0 Å². The fourth-order valence-electron chi connectivity index (χ4n) is 2.60. The summed E-state index contributed by atoms with van der Waals surface area (Å²) in [4.78, 5) is 0. The number of rotatable bonds is 1. The van der Waals surface area contributed by atoms with E-state index in [4.69, 9.17) is 10.5 Å². The summed E-state index contributed by atoms with van der Waals surface area (Å²) in [5, 5.41) is 16.8. The summed E-state index contributed by atoms with van der Waals surface area (Å²) in [5.41, 5.74) is 0. The molecular formula is C19H31N2PRu+. The molecule has 0 amide bonds. The molecule has 0 atom stereocenters. The monoisotopic (exact) mass is 420 g/mol. The molecule has 0 aliphatic carbocycles. The molecule has 0 unspecified atom stereocenters. The van der Waals surface area contributed by atoms with Gasteiger partial charge in [-0.15, -0.1) is 12.1 Å². The summed E-state index contributed by atoms with van der Waals surface area (Å²) in [6.45, 7) is 19.8. The van der Waals surface area contributed by atoms with Crippen LogP contribution in [0.2, 0.25) is 0 Å². The maximum absolute atomic E-state index is 7.21. The zero-order valence-corrected chi connectivity index (χ0v) is 18.3. The fraction of sp³-hybridized carbons (Fsp3) is 0.421. The Hall–Kier alpha value is -1.01. The van der Waals surface area contributed by atoms with Gasteiger partial charge in [0.25, 0.3) is 0 Å². The van der Waals surface area contributed by atoms with E-state index in [2.05, 4.69) is 85.7 Å². The van der Waals surface area contributed by atoms with Crippen molar-refractivity contribution >= 4 is 13.2 Å². The molecular weight excluding hydrogens is 388 g/mol. The summed E-state index contributed by atoms with van der Waals surface area (Å²) in [5.74, 6) is 0. The molecule has 1 rings (SSSR count). The molecule has 0 spiro atoms. The molecule has 0 saturated heterocycles. The van der Waals surface area contributed by atoms with Gasteiger partial charge in [0.05, 0.1) is 15.6 Å². The minimum Gasteiger partial charge on any atom is -0.358 e. The molecule has 1 radical (unpaired) electrons. The molecule has 23 heavy (non-hydrogen) atoms. The van der Waals surface area contributed by atoms with Gasteiger partial charge in [0, 0.05) is 7.92 Å². The molecule has 0 aliphatic heterocycles. The van der Waals surface area contributed by atoms with E-state index in [0.717, 1.165) is 0 Å². The van der Waals surface area contributed by atoms with Crippen molar-refractivity contribution in [3.63, 3.8) is 0 Å². The van der Waals surface area contributed by atoms with Crippen molar-refractivity contribution in [3.05, 3.63) is 51.6 Å². The molecule has 2 nitrogen and oxygen atoms in total. The van der Waals surface area contributed by atoms with Crippen LogP contribution in [0.3, 0.4) is 0 Å². The summed E-state index contributed by atoms with van der Waals surface area (Å²) >= 11 is 0. The SMILES string of the molecule is CC(C)(C)[PH+](c1ccccc1)C(C)(C)C.[CH2-]C#N.[CH2-]C#N.[CH3-].[Ru+3]. The maximum Gasteiger partial charge on any atom is 3.00 e. The molecule has 1 aromatic rings. The smallest absolute Gasteiger partial charge is 0.358 e. The molecule has 0 heterocycles.